The van der Waals surface area contributed by atoms with Crippen molar-refractivity contribution in [3.05, 3.63) is 82.6 Å². The van der Waals surface area contributed by atoms with E-state index in [0.717, 1.165) is 10.3 Å². The van der Waals surface area contributed by atoms with Crippen LogP contribution in [0.4, 0.5) is 5.69 Å². The lowest BCUT2D eigenvalue weighted by atomic mass is 10.2. The summed E-state index contributed by atoms with van der Waals surface area (Å²) in [4.78, 5) is 24.1. The van der Waals surface area contributed by atoms with Gasteiger partial charge in [0.05, 0.1) is 0 Å². The van der Waals surface area contributed by atoms with E-state index in [1.165, 1.54) is 23.9 Å². The molecular weight excluding hydrogens is 310 g/mol. The zero-order chi connectivity index (χ0) is 16.1. The summed E-state index contributed by atoms with van der Waals surface area (Å²) < 4.78 is 5.05. The van der Waals surface area contributed by atoms with E-state index in [1.54, 1.807) is 29.7 Å². The van der Waals surface area contributed by atoms with Gasteiger partial charge in [0, 0.05) is 28.1 Å². The van der Waals surface area contributed by atoms with Crippen LogP contribution in [0.5, 0.6) is 0 Å². The molecule has 0 bridgehead atoms. The van der Waals surface area contributed by atoms with Gasteiger partial charge in [-0.1, -0.05) is 30.0 Å². The number of rotatable bonds is 4. The molecule has 0 aliphatic carbocycles. The second-order valence-corrected chi connectivity index (χ2v) is 5.71. The molecule has 3 rings (SSSR count). The van der Waals surface area contributed by atoms with Crippen LogP contribution in [0.25, 0.3) is 11.0 Å². The lowest BCUT2D eigenvalue weighted by Gasteiger charge is -2.03. The summed E-state index contributed by atoms with van der Waals surface area (Å²) in [5.74, 6) is -0.217. The number of hydrogen-bond acceptors (Lipinski definition) is 4. The van der Waals surface area contributed by atoms with Crippen molar-refractivity contribution in [3.63, 3.8) is 0 Å². The van der Waals surface area contributed by atoms with Crippen molar-refractivity contribution < 1.29 is 9.21 Å². The van der Waals surface area contributed by atoms with Gasteiger partial charge in [0.15, 0.2) is 0 Å². The minimum absolute atomic E-state index is 0.217. The summed E-state index contributed by atoms with van der Waals surface area (Å²) in [5, 5.41) is 5.27. The first-order valence-corrected chi connectivity index (χ1v) is 7.82. The fourth-order valence-electron chi connectivity index (χ4n) is 2.01. The van der Waals surface area contributed by atoms with Gasteiger partial charge in [-0.05, 0) is 41.8 Å². The zero-order valence-corrected chi connectivity index (χ0v) is 12.9. The molecule has 23 heavy (non-hydrogen) atoms. The highest BCUT2D eigenvalue weighted by molar-refractivity contribution is 8.02. The minimum atomic E-state index is -0.393. The molecule has 0 saturated heterocycles. The van der Waals surface area contributed by atoms with Gasteiger partial charge in [0.1, 0.15) is 5.58 Å². The van der Waals surface area contributed by atoms with Gasteiger partial charge in [0.25, 0.3) is 0 Å². The van der Waals surface area contributed by atoms with Crippen molar-refractivity contribution >= 4 is 34.3 Å². The van der Waals surface area contributed by atoms with Crippen LogP contribution in [0.2, 0.25) is 0 Å². The number of amides is 1. The number of hydrogen-bond donors (Lipinski definition) is 1. The first kappa shape index (κ1) is 15.1. The van der Waals surface area contributed by atoms with Crippen molar-refractivity contribution in [2.75, 3.05) is 5.32 Å². The Morgan fingerprint density at radius 3 is 2.70 bits per heavy atom. The summed E-state index contributed by atoms with van der Waals surface area (Å²) in [7, 11) is 0. The van der Waals surface area contributed by atoms with E-state index in [-0.39, 0.29) is 5.91 Å². The normalized spacial score (nSPS) is 11.0. The van der Waals surface area contributed by atoms with Gasteiger partial charge in [-0.3, -0.25) is 4.79 Å². The van der Waals surface area contributed by atoms with Gasteiger partial charge in [-0.15, -0.1) is 0 Å². The zero-order valence-electron chi connectivity index (χ0n) is 12.1. The first-order valence-electron chi connectivity index (χ1n) is 6.94. The van der Waals surface area contributed by atoms with Crippen LogP contribution in [0.1, 0.15) is 0 Å². The van der Waals surface area contributed by atoms with Gasteiger partial charge >= 0.3 is 5.63 Å². The van der Waals surface area contributed by atoms with Crippen molar-refractivity contribution in [2.24, 2.45) is 0 Å². The standard InChI is InChI=1S/C18H13NO3S/c20-17(10-11-23-15-4-2-1-3-5-15)19-14-7-8-16-13(12-14)6-9-18(21)22-16/h1-12H,(H,19,20)/b11-10+. The third-order valence-corrected chi connectivity index (χ3v) is 3.87. The highest BCUT2D eigenvalue weighted by atomic mass is 32.2. The maximum Gasteiger partial charge on any atom is 0.336 e. The molecule has 0 atom stereocenters. The predicted molar refractivity (Wildman–Crippen MR) is 92.6 cm³/mol. The summed E-state index contributed by atoms with van der Waals surface area (Å²) in [6.45, 7) is 0. The van der Waals surface area contributed by atoms with E-state index >= 15 is 0 Å². The molecule has 3 aromatic rings. The lowest BCUT2D eigenvalue weighted by molar-refractivity contribution is -0.111. The molecule has 0 unspecified atom stereocenters. The number of thioether (sulfide) groups is 1. The largest absolute Gasteiger partial charge is 0.423 e. The Bertz CT molecular complexity index is 916. The number of carbonyl (C=O) groups excluding carboxylic acids is 1. The summed E-state index contributed by atoms with van der Waals surface area (Å²) in [6.07, 6.45) is 1.48. The monoisotopic (exact) mass is 323 g/mol. The van der Waals surface area contributed by atoms with E-state index in [1.807, 2.05) is 30.3 Å². The van der Waals surface area contributed by atoms with Crippen molar-refractivity contribution in [1.82, 2.24) is 0 Å². The number of nitrogens with one attached hydrogen (secondary N) is 1. The highest BCUT2D eigenvalue weighted by Gasteiger charge is 2.01. The van der Waals surface area contributed by atoms with Crippen molar-refractivity contribution in [3.8, 4) is 0 Å². The molecule has 0 aliphatic rings. The molecule has 5 heteroatoms. The van der Waals surface area contributed by atoms with Crippen LogP contribution in [-0.2, 0) is 4.79 Å². The Morgan fingerprint density at radius 1 is 1.04 bits per heavy atom. The van der Waals surface area contributed by atoms with E-state index in [9.17, 15) is 9.59 Å². The van der Waals surface area contributed by atoms with Gasteiger partial charge in [-0.2, -0.15) is 0 Å². The minimum Gasteiger partial charge on any atom is -0.423 e. The van der Waals surface area contributed by atoms with Gasteiger partial charge in [-0.25, -0.2) is 4.79 Å². The van der Waals surface area contributed by atoms with Gasteiger partial charge < -0.3 is 9.73 Å². The van der Waals surface area contributed by atoms with E-state index < -0.39 is 5.63 Å². The average molecular weight is 323 g/mol. The molecule has 1 heterocycles. The Kier molecular flexibility index (Phi) is 4.59. The highest BCUT2D eigenvalue weighted by Crippen LogP contribution is 2.19. The summed E-state index contributed by atoms with van der Waals surface area (Å²) in [6, 6.07) is 17.9. The fraction of sp³-hybridized carbons (Fsp3) is 0. The van der Waals surface area contributed by atoms with Crippen LogP contribution < -0.4 is 10.9 Å². The number of carbonyl (C=O) groups is 1. The van der Waals surface area contributed by atoms with Crippen molar-refractivity contribution in [1.29, 1.82) is 0 Å². The Hall–Kier alpha value is -2.79. The van der Waals surface area contributed by atoms with E-state index in [4.69, 9.17) is 4.42 Å². The van der Waals surface area contributed by atoms with Crippen LogP contribution in [-0.4, -0.2) is 5.91 Å². The molecule has 0 saturated carbocycles. The van der Waals surface area contributed by atoms with Crippen LogP contribution >= 0.6 is 11.8 Å². The molecule has 0 radical (unpaired) electrons. The van der Waals surface area contributed by atoms with Crippen LogP contribution in [0.3, 0.4) is 0 Å². The Balaban J connectivity index is 1.65. The molecular formula is C18H13NO3S. The molecule has 1 N–H and O–H groups in total. The third kappa shape index (κ3) is 4.11. The quantitative estimate of drug-likeness (QED) is 0.447. The second kappa shape index (κ2) is 6.98. The van der Waals surface area contributed by atoms with E-state index in [2.05, 4.69) is 5.32 Å². The number of anilines is 1. The van der Waals surface area contributed by atoms with Crippen molar-refractivity contribution in [2.45, 2.75) is 4.90 Å². The third-order valence-electron chi connectivity index (χ3n) is 3.05. The smallest absolute Gasteiger partial charge is 0.336 e. The molecule has 2 aromatic carbocycles. The molecule has 4 nitrogen and oxygen atoms in total. The maximum absolute atomic E-state index is 11.9. The molecule has 0 fully saturated rings. The topological polar surface area (TPSA) is 59.3 Å². The molecule has 1 aromatic heterocycles. The fourth-order valence-corrected chi connectivity index (χ4v) is 2.67. The average Bonchev–Trinajstić information content (AvgIpc) is 2.56. The first-order chi connectivity index (χ1) is 11.2. The van der Waals surface area contributed by atoms with Gasteiger partial charge in [0.2, 0.25) is 5.91 Å². The molecule has 0 spiro atoms. The number of fused-ring (bicyclic) bond motifs is 1. The summed E-state index contributed by atoms with van der Waals surface area (Å²) >= 11 is 1.47. The molecule has 114 valence electrons. The van der Waals surface area contributed by atoms with Crippen LogP contribution in [0, 0.1) is 0 Å². The lowest BCUT2D eigenvalue weighted by Crippen LogP contribution is -2.07. The Labute approximate surface area is 136 Å². The Morgan fingerprint density at radius 2 is 1.87 bits per heavy atom. The number of benzene rings is 2. The molecule has 1 amide bonds. The van der Waals surface area contributed by atoms with Crippen LogP contribution in [0.15, 0.2) is 86.3 Å². The maximum atomic E-state index is 11.9. The molecule has 0 aliphatic heterocycles. The second-order valence-electron chi connectivity index (χ2n) is 4.73. The predicted octanol–water partition coefficient (Wildman–Crippen LogP) is 4.04. The SMILES string of the molecule is O=C(/C=C/Sc1ccccc1)Nc1ccc2oc(=O)ccc2c1. The summed E-state index contributed by atoms with van der Waals surface area (Å²) in [5.41, 5.74) is 0.742. The van der Waals surface area contributed by atoms with E-state index in [0.29, 0.717) is 11.3 Å².